The normalized spacial score (nSPS) is 24.3. The van der Waals surface area contributed by atoms with Gasteiger partial charge >= 0.3 is 5.97 Å². The number of rotatable bonds is 3. The van der Waals surface area contributed by atoms with Gasteiger partial charge in [0.15, 0.2) is 0 Å². The SMILES string of the molecule is CC(C)(C)[C@@H]1OC(=O)[C@](/C=C/c2ccccc2)(c2ccccc2)O1. The number of esters is 1. The second kappa shape index (κ2) is 6.25. The van der Waals surface area contributed by atoms with E-state index in [0.717, 1.165) is 11.1 Å². The van der Waals surface area contributed by atoms with E-state index < -0.39 is 11.9 Å². The van der Waals surface area contributed by atoms with Gasteiger partial charge in [0.1, 0.15) is 0 Å². The molecule has 3 nitrogen and oxygen atoms in total. The van der Waals surface area contributed by atoms with Crippen LogP contribution in [0.5, 0.6) is 0 Å². The minimum Gasteiger partial charge on any atom is -0.432 e. The standard InChI is InChI=1S/C21H22O3/c1-20(2,3)19-23-18(22)21(24-19,17-12-8-5-9-13-17)15-14-16-10-6-4-7-11-16/h4-15,19H,1-3H3/b15-14+/t19-,21+/m1/s1. The molecule has 24 heavy (non-hydrogen) atoms. The molecular formula is C21H22O3. The van der Waals surface area contributed by atoms with Crippen LogP contribution in [0.15, 0.2) is 66.7 Å². The second-order valence-electron chi connectivity index (χ2n) is 7.07. The average Bonchev–Trinajstić information content (AvgIpc) is 2.93. The maximum Gasteiger partial charge on any atom is 0.349 e. The van der Waals surface area contributed by atoms with Crippen molar-refractivity contribution in [3.63, 3.8) is 0 Å². The van der Waals surface area contributed by atoms with Gasteiger partial charge in [0.05, 0.1) is 0 Å². The number of ether oxygens (including phenoxy) is 2. The molecule has 3 heteroatoms. The van der Waals surface area contributed by atoms with Gasteiger partial charge in [0, 0.05) is 5.41 Å². The summed E-state index contributed by atoms with van der Waals surface area (Å²) < 4.78 is 11.7. The average molecular weight is 322 g/mol. The lowest BCUT2D eigenvalue weighted by Crippen LogP contribution is -2.33. The first-order valence-corrected chi connectivity index (χ1v) is 8.10. The van der Waals surface area contributed by atoms with Gasteiger partial charge < -0.3 is 9.47 Å². The van der Waals surface area contributed by atoms with E-state index in [1.165, 1.54) is 0 Å². The van der Waals surface area contributed by atoms with Crippen molar-refractivity contribution >= 4 is 12.0 Å². The monoisotopic (exact) mass is 322 g/mol. The quantitative estimate of drug-likeness (QED) is 0.778. The van der Waals surface area contributed by atoms with Crippen LogP contribution in [0.25, 0.3) is 6.08 Å². The summed E-state index contributed by atoms with van der Waals surface area (Å²) in [7, 11) is 0. The molecule has 0 unspecified atom stereocenters. The molecule has 0 N–H and O–H groups in total. The Bertz CT molecular complexity index is 729. The van der Waals surface area contributed by atoms with E-state index in [2.05, 4.69) is 0 Å². The molecule has 1 saturated heterocycles. The fraction of sp³-hybridized carbons (Fsp3) is 0.286. The molecule has 1 heterocycles. The highest BCUT2D eigenvalue weighted by atomic mass is 16.8. The van der Waals surface area contributed by atoms with E-state index in [9.17, 15) is 4.79 Å². The Morgan fingerprint density at radius 3 is 2.08 bits per heavy atom. The summed E-state index contributed by atoms with van der Waals surface area (Å²) >= 11 is 0. The number of hydrogen-bond acceptors (Lipinski definition) is 3. The van der Waals surface area contributed by atoms with Crippen LogP contribution in [0.2, 0.25) is 0 Å². The van der Waals surface area contributed by atoms with Crippen molar-refractivity contribution in [2.24, 2.45) is 5.41 Å². The Kier molecular flexibility index (Phi) is 4.29. The van der Waals surface area contributed by atoms with Crippen molar-refractivity contribution in [1.29, 1.82) is 0 Å². The molecule has 2 aromatic rings. The Labute approximate surface area is 142 Å². The topological polar surface area (TPSA) is 35.5 Å². The Balaban J connectivity index is 2.03. The van der Waals surface area contributed by atoms with Crippen molar-refractivity contribution in [3.05, 3.63) is 77.9 Å². The van der Waals surface area contributed by atoms with Crippen LogP contribution in [0.3, 0.4) is 0 Å². The molecular weight excluding hydrogens is 300 g/mol. The summed E-state index contributed by atoms with van der Waals surface area (Å²) in [6, 6.07) is 19.3. The zero-order chi connectivity index (χ0) is 17.2. The molecule has 0 aromatic heterocycles. The Morgan fingerprint density at radius 1 is 0.958 bits per heavy atom. The van der Waals surface area contributed by atoms with E-state index in [1.54, 1.807) is 6.08 Å². The molecule has 1 fully saturated rings. The largest absolute Gasteiger partial charge is 0.432 e. The van der Waals surface area contributed by atoms with Gasteiger partial charge in [0.2, 0.25) is 11.9 Å². The summed E-state index contributed by atoms with van der Waals surface area (Å²) in [5.74, 6) is -0.374. The lowest BCUT2D eigenvalue weighted by atomic mass is 9.92. The van der Waals surface area contributed by atoms with Crippen molar-refractivity contribution in [3.8, 4) is 0 Å². The van der Waals surface area contributed by atoms with Crippen LogP contribution >= 0.6 is 0 Å². The molecule has 3 rings (SSSR count). The molecule has 2 atom stereocenters. The summed E-state index contributed by atoms with van der Waals surface area (Å²) in [5, 5.41) is 0. The maximum atomic E-state index is 12.8. The van der Waals surface area contributed by atoms with Gasteiger partial charge in [-0.05, 0) is 17.2 Å². The van der Waals surface area contributed by atoms with Crippen molar-refractivity contribution in [2.45, 2.75) is 32.7 Å². The van der Waals surface area contributed by atoms with E-state index >= 15 is 0 Å². The first-order valence-electron chi connectivity index (χ1n) is 8.10. The zero-order valence-corrected chi connectivity index (χ0v) is 14.2. The van der Waals surface area contributed by atoms with E-state index in [0.29, 0.717) is 0 Å². The summed E-state index contributed by atoms with van der Waals surface area (Å²) in [6.45, 7) is 5.98. The first-order chi connectivity index (χ1) is 11.4. The van der Waals surface area contributed by atoms with Crippen LogP contribution < -0.4 is 0 Å². The van der Waals surface area contributed by atoms with Gasteiger partial charge in [-0.25, -0.2) is 4.79 Å². The first kappa shape index (κ1) is 16.5. The van der Waals surface area contributed by atoms with Gasteiger partial charge in [-0.1, -0.05) is 87.5 Å². The molecule has 2 aromatic carbocycles. The van der Waals surface area contributed by atoms with Crippen molar-refractivity contribution in [1.82, 2.24) is 0 Å². The predicted octanol–water partition coefficient (Wildman–Crippen LogP) is 4.54. The molecule has 0 spiro atoms. The molecule has 0 saturated carbocycles. The summed E-state index contributed by atoms with van der Waals surface area (Å²) in [4.78, 5) is 12.8. The maximum absolute atomic E-state index is 12.8. The molecule has 0 amide bonds. The molecule has 0 bridgehead atoms. The zero-order valence-electron chi connectivity index (χ0n) is 14.2. The van der Waals surface area contributed by atoms with Crippen LogP contribution in [0, 0.1) is 5.41 Å². The summed E-state index contributed by atoms with van der Waals surface area (Å²) in [5.41, 5.74) is 0.263. The second-order valence-corrected chi connectivity index (χ2v) is 7.07. The number of cyclic esters (lactones) is 1. The highest BCUT2D eigenvalue weighted by molar-refractivity contribution is 5.86. The molecule has 1 aliphatic heterocycles. The van der Waals surface area contributed by atoms with Gasteiger partial charge in [-0.3, -0.25) is 0 Å². The highest BCUT2D eigenvalue weighted by Crippen LogP contribution is 2.42. The smallest absolute Gasteiger partial charge is 0.349 e. The lowest BCUT2D eigenvalue weighted by Gasteiger charge is -2.27. The van der Waals surface area contributed by atoms with Gasteiger partial charge in [0.25, 0.3) is 0 Å². The third kappa shape index (κ3) is 3.13. The van der Waals surface area contributed by atoms with Gasteiger partial charge in [-0.2, -0.15) is 0 Å². The molecule has 0 radical (unpaired) electrons. The summed E-state index contributed by atoms with van der Waals surface area (Å²) in [6.07, 6.45) is 3.11. The third-order valence-corrected chi connectivity index (χ3v) is 4.03. The molecule has 1 aliphatic rings. The van der Waals surface area contributed by atoms with Crippen LogP contribution in [-0.4, -0.2) is 12.3 Å². The minimum absolute atomic E-state index is 0.299. The molecule has 124 valence electrons. The Hall–Kier alpha value is -2.39. The lowest BCUT2D eigenvalue weighted by molar-refractivity contribution is -0.155. The van der Waals surface area contributed by atoms with Gasteiger partial charge in [-0.15, -0.1) is 0 Å². The van der Waals surface area contributed by atoms with Crippen molar-refractivity contribution in [2.75, 3.05) is 0 Å². The molecule has 0 aliphatic carbocycles. The highest BCUT2D eigenvalue weighted by Gasteiger charge is 2.53. The minimum atomic E-state index is -1.21. The number of hydrogen-bond donors (Lipinski definition) is 0. The van der Waals surface area contributed by atoms with Crippen molar-refractivity contribution < 1.29 is 14.3 Å². The van der Waals surface area contributed by atoms with Crippen LogP contribution in [-0.2, 0) is 19.9 Å². The fourth-order valence-corrected chi connectivity index (χ4v) is 2.63. The third-order valence-electron chi connectivity index (χ3n) is 4.03. The number of benzene rings is 2. The number of carbonyl (C=O) groups is 1. The van der Waals surface area contributed by atoms with E-state index in [4.69, 9.17) is 9.47 Å². The van der Waals surface area contributed by atoms with Crippen LogP contribution in [0.1, 0.15) is 31.9 Å². The predicted molar refractivity (Wildman–Crippen MR) is 94.0 cm³/mol. The fourth-order valence-electron chi connectivity index (χ4n) is 2.63. The van der Waals surface area contributed by atoms with Crippen LogP contribution in [0.4, 0.5) is 0 Å². The number of carbonyl (C=O) groups excluding carboxylic acids is 1. The van der Waals surface area contributed by atoms with E-state index in [-0.39, 0.29) is 11.4 Å². The van der Waals surface area contributed by atoms with E-state index in [1.807, 2.05) is 87.5 Å². The Morgan fingerprint density at radius 2 is 1.54 bits per heavy atom.